The lowest BCUT2D eigenvalue weighted by atomic mass is 9.99. The monoisotopic (exact) mass is 495 g/mol. The molecule has 1 aliphatic carbocycles. The van der Waals surface area contributed by atoms with Crippen LogP contribution in [0.2, 0.25) is 0 Å². The first-order valence-electron chi connectivity index (χ1n) is 11.1. The lowest BCUT2D eigenvalue weighted by Crippen LogP contribution is -2.26. The van der Waals surface area contributed by atoms with Gasteiger partial charge in [-0.2, -0.15) is 15.3 Å². The van der Waals surface area contributed by atoms with Gasteiger partial charge in [0.05, 0.1) is 5.69 Å². The first-order chi connectivity index (χ1) is 16.8. The fourth-order valence-corrected chi connectivity index (χ4v) is 4.14. The zero-order valence-corrected chi connectivity index (χ0v) is 20.9. The van der Waals surface area contributed by atoms with Crippen molar-refractivity contribution in [2.75, 3.05) is 23.5 Å². The van der Waals surface area contributed by atoms with Crippen molar-refractivity contribution in [2.24, 2.45) is 10.9 Å². The quantitative estimate of drug-likeness (QED) is 0.178. The van der Waals surface area contributed by atoms with Gasteiger partial charge in [-0.25, -0.2) is 13.8 Å². The lowest BCUT2D eigenvalue weighted by molar-refractivity contribution is 0.579. The molecule has 1 aliphatic rings. The van der Waals surface area contributed by atoms with E-state index in [0.717, 1.165) is 24.1 Å². The molecule has 4 rings (SSSR count). The summed E-state index contributed by atoms with van der Waals surface area (Å²) in [6.45, 7) is 7.88. The number of benzene rings is 1. The lowest BCUT2D eigenvalue weighted by Gasteiger charge is -2.22. The number of nitrogens with one attached hydrogen (secondary N) is 2. The molecule has 35 heavy (non-hydrogen) atoms. The standard InChI is InChI=1S/C25H27F2N7S/c1-14-11-22(33-31-14)30-25(23(17-8-9-17)15(2)21-7-6-10-28-32-21)29-16(3)34(4)24-19(26)12-18(35-5)13-20(24)27/h6-7,10-13,17H,2,8-9H2,1,3-5H3,(H2,30,31,33)/b25-23-,29-16+. The molecule has 1 aromatic carbocycles. The van der Waals surface area contributed by atoms with Crippen LogP contribution in [-0.2, 0) is 0 Å². The molecule has 0 bridgehead atoms. The Labute approximate surface area is 207 Å². The maximum Gasteiger partial charge on any atom is 0.153 e. The van der Waals surface area contributed by atoms with E-state index in [1.165, 1.54) is 28.8 Å². The number of amidine groups is 1. The summed E-state index contributed by atoms with van der Waals surface area (Å²) < 4.78 is 29.6. The number of hydrogen-bond acceptors (Lipinski definition) is 6. The molecular weight excluding hydrogens is 468 g/mol. The number of aromatic nitrogens is 4. The van der Waals surface area contributed by atoms with Crippen molar-refractivity contribution in [3.8, 4) is 0 Å². The molecule has 0 spiro atoms. The molecular formula is C25H27F2N7S. The van der Waals surface area contributed by atoms with Crippen molar-refractivity contribution >= 4 is 34.7 Å². The highest BCUT2D eigenvalue weighted by Crippen LogP contribution is 2.44. The van der Waals surface area contributed by atoms with E-state index < -0.39 is 11.6 Å². The van der Waals surface area contributed by atoms with Crippen LogP contribution in [0.4, 0.5) is 20.3 Å². The van der Waals surface area contributed by atoms with Gasteiger partial charge in [-0.15, -0.1) is 11.8 Å². The molecule has 0 atom stereocenters. The number of rotatable bonds is 8. The average molecular weight is 496 g/mol. The number of nitrogens with zero attached hydrogens (tertiary/aromatic N) is 5. The van der Waals surface area contributed by atoms with E-state index in [4.69, 9.17) is 4.99 Å². The van der Waals surface area contributed by atoms with Gasteiger partial charge in [0.25, 0.3) is 0 Å². The smallest absolute Gasteiger partial charge is 0.153 e. The number of aromatic amines is 1. The molecule has 2 heterocycles. The molecule has 2 N–H and O–H groups in total. The second-order valence-corrected chi connectivity index (χ2v) is 9.22. The van der Waals surface area contributed by atoms with Crippen molar-refractivity contribution in [1.82, 2.24) is 20.4 Å². The summed E-state index contributed by atoms with van der Waals surface area (Å²) in [6, 6.07) is 8.13. The van der Waals surface area contributed by atoms with E-state index >= 15 is 0 Å². The third-order valence-corrected chi connectivity index (χ3v) is 6.43. The highest BCUT2D eigenvalue weighted by Gasteiger charge is 2.32. The normalized spacial score (nSPS) is 14.5. The molecule has 2 aromatic heterocycles. The second-order valence-electron chi connectivity index (χ2n) is 8.34. The van der Waals surface area contributed by atoms with Gasteiger partial charge in [-0.05, 0) is 63.1 Å². The molecule has 0 unspecified atom stereocenters. The number of thioether (sulfide) groups is 1. The Hall–Kier alpha value is -3.53. The zero-order valence-electron chi connectivity index (χ0n) is 20.1. The van der Waals surface area contributed by atoms with Gasteiger partial charge in [-0.3, -0.25) is 5.10 Å². The number of allylic oxidation sites excluding steroid dienone is 2. The van der Waals surface area contributed by atoms with Crippen molar-refractivity contribution in [3.05, 3.63) is 77.5 Å². The van der Waals surface area contributed by atoms with E-state index in [1.54, 1.807) is 32.5 Å². The van der Waals surface area contributed by atoms with Gasteiger partial charge >= 0.3 is 0 Å². The van der Waals surface area contributed by atoms with E-state index in [1.807, 2.05) is 19.1 Å². The number of aryl methyl sites for hydroxylation is 1. The van der Waals surface area contributed by atoms with Gasteiger partial charge in [0.15, 0.2) is 17.5 Å². The summed E-state index contributed by atoms with van der Waals surface area (Å²) in [6.07, 6.45) is 5.32. The highest BCUT2D eigenvalue weighted by atomic mass is 32.2. The summed E-state index contributed by atoms with van der Waals surface area (Å²) in [7, 11) is 1.59. The molecule has 7 nitrogen and oxygen atoms in total. The SMILES string of the molecule is C=C(/C(=C(\N=C(/C)N(C)c1c(F)cc(SC)cc1F)Nc1cc(C)[nH]n1)C1CC1)c1cccnn1. The van der Waals surface area contributed by atoms with Crippen LogP contribution in [0, 0.1) is 24.5 Å². The molecule has 0 radical (unpaired) electrons. The molecule has 0 saturated heterocycles. The largest absolute Gasteiger partial charge is 0.328 e. The Balaban J connectivity index is 1.80. The molecule has 182 valence electrons. The van der Waals surface area contributed by atoms with Gasteiger partial charge in [-0.1, -0.05) is 6.58 Å². The van der Waals surface area contributed by atoms with Crippen LogP contribution in [0.15, 0.2) is 64.4 Å². The molecule has 3 aromatic rings. The highest BCUT2D eigenvalue weighted by molar-refractivity contribution is 7.98. The Kier molecular flexibility index (Phi) is 7.30. The summed E-state index contributed by atoms with van der Waals surface area (Å²) in [5, 5.41) is 18.6. The predicted octanol–water partition coefficient (Wildman–Crippen LogP) is 5.81. The van der Waals surface area contributed by atoms with Crippen LogP contribution in [0.25, 0.3) is 5.57 Å². The topological polar surface area (TPSA) is 82.1 Å². The summed E-state index contributed by atoms with van der Waals surface area (Å²) in [4.78, 5) is 6.72. The molecule has 0 aliphatic heterocycles. The van der Waals surface area contributed by atoms with Crippen LogP contribution in [-0.4, -0.2) is 39.5 Å². The fraction of sp³-hybridized carbons (Fsp3) is 0.280. The predicted molar refractivity (Wildman–Crippen MR) is 137 cm³/mol. The number of halogens is 2. The third-order valence-electron chi connectivity index (χ3n) is 5.72. The van der Waals surface area contributed by atoms with Gasteiger partial charge in [0.1, 0.15) is 17.3 Å². The Bertz CT molecular complexity index is 1270. The van der Waals surface area contributed by atoms with Crippen molar-refractivity contribution in [1.29, 1.82) is 0 Å². The summed E-state index contributed by atoms with van der Waals surface area (Å²) in [5.41, 5.74) is 2.91. The Morgan fingerprint density at radius 2 is 1.97 bits per heavy atom. The zero-order chi connectivity index (χ0) is 25.1. The molecule has 0 amide bonds. The van der Waals surface area contributed by atoms with E-state index in [9.17, 15) is 8.78 Å². The van der Waals surface area contributed by atoms with Crippen LogP contribution in [0.5, 0.6) is 0 Å². The Morgan fingerprint density at radius 1 is 1.26 bits per heavy atom. The minimum Gasteiger partial charge on any atom is -0.328 e. The molecule has 10 heteroatoms. The first-order valence-corrected chi connectivity index (χ1v) is 12.3. The van der Waals surface area contributed by atoms with Crippen LogP contribution < -0.4 is 10.2 Å². The third kappa shape index (κ3) is 5.59. The van der Waals surface area contributed by atoms with Gasteiger partial charge in [0, 0.05) is 41.0 Å². The van der Waals surface area contributed by atoms with Gasteiger partial charge in [0.2, 0.25) is 0 Å². The van der Waals surface area contributed by atoms with Crippen LogP contribution in [0.3, 0.4) is 0 Å². The minimum atomic E-state index is -0.654. The summed E-state index contributed by atoms with van der Waals surface area (Å²) in [5.74, 6) is 0.380. The van der Waals surface area contributed by atoms with E-state index in [0.29, 0.717) is 33.6 Å². The van der Waals surface area contributed by atoms with Gasteiger partial charge < -0.3 is 10.2 Å². The van der Waals surface area contributed by atoms with Crippen molar-refractivity contribution in [2.45, 2.75) is 31.6 Å². The van der Waals surface area contributed by atoms with Crippen LogP contribution in [0.1, 0.15) is 31.2 Å². The number of anilines is 2. The fourth-order valence-electron chi connectivity index (χ4n) is 3.69. The summed E-state index contributed by atoms with van der Waals surface area (Å²) >= 11 is 1.28. The van der Waals surface area contributed by atoms with E-state index in [2.05, 4.69) is 32.3 Å². The van der Waals surface area contributed by atoms with Crippen molar-refractivity contribution < 1.29 is 8.78 Å². The maximum absolute atomic E-state index is 14.8. The van der Waals surface area contributed by atoms with Crippen LogP contribution >= 0.6 is 11.8 Å². The Morgan fingerprint density at radius 3 is 2.51 bits per heavy atom. The van der Waals surface area contributed by atoms with E-state index in [-0.39, 0.29) is 11.6 Å². The molecule has 1 fully saturated rings. The number of hydrogen-bond donors (Lipinski definition) is 2. The average Bonchev–Trinajstić information content (AvgIpc) is 3.59. The maximum atomic E-state index is 14.8. The number of aliphatic imine (C=N–C) groups is 1. The molecule has 1 saturated carbocycles. The van der Waals surface area contributed by atoms with Crippen molar-refractivity contribution in [3.63, 3.8) is 0 Å². The number of H-pyrrole nitrogens is 1. The first kappa shape index (κ1) is 24.6. The second kappa shape index (κ2) is 10.4. The minimum absolute atomic E-state index is 0.167.